The molecule has 0 fully saturated rings. The molecule has 2 amide bonds. The van der Waals surface area contributed by atoms with Crippen molar-refractivity contribution in [2.24, 2.45) is 0 Å². The Morgan fingerprint density at radius 3 is 2.58 bits per heavy atom. The molecule has 0 saturated heterocycles. The standard InChI is InChI=1S/C20H22N4O2/c1-4-23(5-2)20(26)18-22-17(16-11-6-7-12-24(16)18)19(25)21-15-10-8-9-14(3)13-15/h6-13H,4-5H2,1-3H3,(H,21,25). The van der Waals surface area contributed by atoms with Gasteiger partial charge >= 0.3 is 0 Å². The Morgan fingerprint density at radius 2 is 1.88 bits per heavy atom. The zero-order valence-electron chi connectivity index (χ0n) is 15.2. The predicted molar refractivity (Wildman–Crippen MR) is 102 cm³/mol. The van der Waals surface area contributed by atoms with Gasteiger partial charge in [0.2, 0.25) is 5.82 Å². The van der Waals surface area contributed by atoms with E-state index in [9.17, 15) is 9.59 Å². The van der Waals surface area contributed by atoms with Crippen molar-refractivity contribution in [1.82, 2.24) is 14.3 Å². The number of anilines is 1. The Bertz CT molecular complexity index is 957. The topological polar surface area (TPSA) is 66.7 Å². The molecule has 0 bridgehead atoms. The number of aryl methyl sites for hydroxylation is 1. The van der Waals surface area contributed by atoms with E-state index in [1.165, 1.54) is 0 Å². The number of hydrogen-bond acceptors (Lipinski definition) is 3. The van der Waals surface area contributed by atoms with Gasteiger partial charge in [-0.1, -0.05) is 18.2 Å². The van der Waals surface area contributed by atoms with Crippen LogP contribution in [0, 0.1) is 6.92 Å². The van der Waals surface area contributed by atoms with Gasteiger partial charge in [0.15, 0.2) is 5.69 Å². The van der Waals surface area contributed by atoms with Crippen molar-refractivity contribution >= 4 is 23.0 Å². The number of imidazole rings is 1. The molecule has 6 heteroatoms. The molecule has 1 N–H and O–H groups in total. The third-order valence-corrected chi connectivity index (χ3v) is 4.28. The summed E-state index contributed by atoms with van der Waals surface area (Å²) in [5.74, 6) is -0.276. The summed E-state index contributed by atoms with van der Waals surface area (Å²) < 4.78 is 1.67. The summed E-state index contributed by atoms with van der Waals surface area (Å²) >= 11 is 0. The van der Waals surface area contributed by atoms with Gasteiger partial charge in [-0.3, -0.25) is 14.0 Å². The van der Waals surface area contributed by atoms with Gasteiger partial charge in [-0.05, 0) is 50.6 Å². The fourth-order valence-corrected chi connectivity index (χ4v) is 2.92. The Hall–Kier alpha value is -3.15. The minimum absolute atomic E-state index is 0.189. The third-order valence-electron chi connectivity index (χ3n) is 4.28. The summed E-state index contributed by atoms with van der Waals surface area (Å²) in [7, 11) is 0. The summed E-state index contributed by atoms with van der Waals surface area (Å²) in [6.45, 7) is 6.97. The van der Waals surface area contributed by atoms with Crippen LogP contribution in [0.15, 0.2) is 48.7 Å². The molecule has 1 aromatic carbocycles. The molecule has 134 valence electrons. The normalized spacial score (nSPS) is 10.7. The first-order valence-corrected chi connectivity index (χ1v) is 8.69. The molecule has 0 saturated carbocycles. The van der Waals surface area contributed by atoms with Crippen LogP contribution in [0.3, 0.4) is 0 Å². The van der Waals surface area contributed by atoms with Crippen LogP contribution < -0.4 is 5.32 Å². The number of fused-ring (bicyclic) bond motifs is 1. The van der Waals surface area contributed by atoms with Gasteiger partial charge in [0.25, 0.3) is 11.8 Å². The van der Waals surface area contributed by atoms with Crippen molar-refractivity contribution in [3.8, 4) is 0 Å². The summed E-state index contributed by atoms with van der Waals surface area (Å²) in [5, 5.41) is 2.86. The molecular formula is C20H22N4O2. The first-order chi connectivity index (χ1) is 12.5. The Kier molecular flexibility index (Phi) is 5.02. The maximum absolute atomic E-state index is 12.8. The quantitative estimate of drug-likeness (QED) is 0.767. The summed E-state index contributed by atoms with van der Waals surface area (Å²) in [6, 6.07) is 13.0. The SMILES string of the molecule is CCN(CC)C(=O)c1nc(C(=O)Nc2cccc(C)c2)c2ccccn12. The Balaban J connectivity index is 2.01. The van der Waals surface area contributed by atoms with E-state index in [-0.39, 0.29) is 23.3 Å². The van der Waals surface area contributed by atoms with Crippen LogP contribution in [0.4, 0.5) is 5.69 Å². The number of nitrogens with zero attached hydrogens (tertiary/aromatic N) is 3. The predicted octanol–water partition coefficient (Wildman–Crippen LogP) is 3.38. The van der Waals surface area contributed by atoms with Crippen molar-refractivity contribution < 1.29 is 9.59 Å². The van der Waals surface area contributed by atoms with E-state index in [0.717, 1.165) is 5.56 Å². The van der Waals surface area contributed by atoms with Crippen LogP contribution in [0.5, 0.6) is 0 Å². The molecule has 0 aliphatic heterocycles. The van der Waals surface area contributed by atoms with Gasteiger partial charge in [-0.25, -0.2) is 4.98 Å². The highest BCUT2D eigenvalue weighted by atomic mass is 16.2. The Morgan fingerprint density at radius 1 is 1.12 bits per heavy atom. The van der Waals surface area contributed by atoms with Crippen molar-refractivity contribution in [3.63, 3.8) is 0 Å². The number of rotatable bonds is 5. The van der Waals surface area contributed by atoms with Gasteiger partial charge in [0.05, 0.1) is 5.52 Å². The highest BCUT2D eigenvalue weighted by Gasteiger charge is 2.24. The molecule has 0 aliphatic rings. The van der Waals surface area contributed by atoms with Crippen LogP contribution in [-0.4, -0.2) is 39.2 Å². The first kappa shape index (κ1) is 17.7. The minimum Gasteiger partial charge on any atom is -0.337 e. The number of pyridine rings is 1. The molecule has 3 rings (SSSR count). The van der Waals surface area contributed by atoms with Gasteiger partial charge in [-0.2, -0.15) is 0 Å². The van der Waals surface area contributed by atoms with Gasteiger partial charge < -0.3 is 10.2 Å². The second-order valence-electron chi connectivity index (χ2n) is 6.04. The van der Waals surface area contributed by atoms with Crippen molar-refractivity contribution in [2.75, 3.05) is 18.4 Å². The van der Waals surface area contributed by atoms with Gasteiger partial charge in [0.1, 0.15) is 0 Å². The van der Waals surface area contributed by atoms with Gasteiger partial charge in [-0.15, -0.1) is 0 Å². The lowest BCUT2D eigenvalue weighted by atomic mass is 10.2. The van der Waals surface area contributed by atoms with E-state index >= 15 is 0 Å². The second-order valence-corrected chi connectivity index (χ2v) is 6.04. The van der Waals surface area contributed by atoms with Crippen molar-refractivity contribution in [1.29, 1.82) is 0 Å². The number of benzene rings is 1. The molecule has 0 aliphatic carbocycles. The fourth-order valence-electron chi connectivity index (χ4n) is 2.92. The smallest absolute Gasteiger partial charge is 0.290 e. The van der Waals surface area contributed by atoms with Crippen LogP contribution in [0.25, 0.3) is 5.52 Å². The van der Waals surface area contributed by atoms with Crippen LogP contribution in [-0.2, 0) is 0 Å². The zero-order chi connectivity index (χ0) is 18.7. The lowest BCUT2D eigenvalue weighted by Crippen LogP contribution is -2.32. The summed E-state index contributed by atoms with van der Waals surface area (Å²) in [6.07, 6.45) is 1.75. The zero-order valence-corrected chi connectivity index (χ0v) is 15.2. The monoisotopic (exact) mass is 350 g/mol. The van der Waals surface area contributed by atoms with E-state index in [2.05, 4.69) is 10.3 Å². The number of carbonyl (C=O) groups is 2. The fraction of sp³-hybridized carbons (Fsp3) is 0.250. The number of aromatic nitrogens is 2. The van der Waals surface area contributed by atoms with E-state index in [0.29, 0.717) is 24.3 Å². The van der Waals surface area contributed by atoms with Gasteiger partial charge in [0, 0.05) is 25.0 Å². The van der Waals surface area contributed by atoms with Crippen LogP contribution in [0.2, 0.25) is 0 Å². The summed E-state index contributed by atoms with van der Waals surface area (Å²) in [5.41, 5.74) is 2.59. The molecule has 0 unspecified atom stereocenters. The van der Waals surface area contributed by atoms with E-state index in [1.807, 2.05) is 57.2 Å². The summed E-state index contributed by atoms with van der Waals surface area (Å²) in [4.78, 5) is 31.6. The molecular weight excluding hydrogens is 328 g/mol. The molecule has 0 atom stereocenters. The largest absolute Gasteiger partial charge is 0.337 e. The number of amides is 2. The molecule has 26 heavy (non-hydrogen) atoms. The van der Waals surface area contributed by atoms with E-state index < -0.39 is 0 Å². The molecule has 2 heterocycles. The average molecular weight is 350 g/mol. The molecule has 2 aromatic heterocycles. The third kappa shape index (κ3) is 3.31. The van der Waals surface area contributed by atoms with Crippen LogP contribution >= 0.6 is 0 Å². The van der Waals surface area contributed by atoms with Crippen molar-refractivity contribution in [2.45, 2.75) is 20.8 Å². The lowest BCUT2D eigenvalue weighted by molar-refractivity contribution is 0.0760. The Labute approximate surface area is 152 Å². The number of nitrogens with one attached hydrogen (secondary N) is 1. The highest BCUT2D eigenvalue weighted by Crippen LogP contribution is 2.17. The van der Waals surface area contributed by atoms with Crippen molar-refractivity contribution in [3.05, 3.63) is 65.7 Å². The van der Waals surface area contributed by atoms with E-state index in [4.69, 9.17) is 0 Å². The second kappa shape index (κ2) is 7.39. The average Bonchev–Trinajstić information content (AvgIpc) is 3.02. The van der Waals surface area contributed by atoms with Crippen LogP contribution in [0.1, 0.15) is 40.5 Å². The number of hydrogen-bond donors (Lipinski definition) is 1. The molecule has 0 radical (unpaired) electrons. The number of carbonyl (C=O) groups excluding carboxylic acids is 2. The maximum atomic E-state index is 12.8. The molecule has 0 spiro atoms. The maximum Gasteiger partial charge on any atom is 0.290 e. The minimum atomic E-state index is -0.335. The van der Waals surface area contributed by atoms with E-state index in [1.54, 1.807) is 21.6 Å². The first-order valence-electron chi connectivity index (χ1n) is 8.69. The lowest BCUT2D eigenvalue weighted by Gasteiger charge is -2.17. The molecule has 3 aromatic rings. The molecule has 6 nitrogen and oxygen atoms in total. The highest BCUT2D eigenvalue weighted by molar-refractivity contribution is 6.09.